The minimum Gasteiger partial charge on any atom is -0.489 e. The third-order valence-corrected chi connectivity index (χ3v) is 4.05. The number of halogens is 1. The number of carbonyl (C=O) groups excluding carboxylic acids is 1. The Balaban J connectivity index is 1.56. The summed E-state index contributed by atoms with van der Waals surface area (Å²) in [6, 6.07) is 5.56. The normalized spacial score (nSPS) is 15.6. The molecular weight excluding hydrogens is 346 g/mol. The van der Waals surface area contributed by atoms with Crippen LogP contribution < -0.4 is 4.74 Å². The predicted molar refractivity (Wildman–Crippen MR) is 85.7 cm³/mol. The summed E-state index contributed by atoms with van der Waals surface area (Å²) in [6.07, 6.45) is 8.49. The van der Waals surface area contributed by atoms with Crippen molar-refractivity contribution in [2.24, 2.45) is 0 Å². The van der Waals surface area contributed by atoms with Gasteiger partial charge in [-0.1, -0.05) is 0 Å². The number of nitrogens with zero attached hydrogens (tertiary/aromatic N) is 3. The Morgan fingerprint density at radius 2 is 2.05 bits per heavy atom. The first kappa shape index (κ1) is 15.0. The van der Waals surface area contributed by atoms with Gasteiger partial charge in [0, 0.05) is 49.0 Å². The zero-order valence-corrected chi connectivity index (χ0v) is 13.6. The molecule has 0 aliphatic carbocycles. The smallest absolute Gasteiger partial charge is 0.255 e. The maximum Gasteiger partial charge on any atom is 0.255 e. The quantitative estimate of drug-likeness (QED) is 0.843. The van der Waals surface area contributed by atoms with E-state index < -0.39 is 0 Å². The van der Waals surface area contributed by atoms with Crippen LogP contribution in [0.1, 0.15) is 23.2 Å². The summed E-state index contributed by atoms with van der Waals surface area (Å²) in [5.74, 6) is 0.803. The minimum absolute atomic E-state index is 0.0219. The van der Waals surface area contributed by atoms with Crippen molar-refractivity contribution in [2.45, 2.75) is 18.9 Å². The molecule has 1 fully saturated rings. The lowest BCUT2D eigenvalue weighted by Gasteiger charge is -2.32. The van der Waals surface area contributed by atoms with Gasteiger partial charge < -0.3 is 9.64 Å². The second-order valence-corrected chi connectivity index (χ2v) is 6.11. The minimum atomic E-state index is 0.0219. The highest BCUT2D eigenvalue weighted by atomic mass is 79.9. The van der Waals surface area contributed by atoms with E-state index in [-0.39, 0.29) is 12.0 Å². The molecule has 0 unspecified atom stereocenters. The SMILES string of the molecule is O=C(c1cncc(Br)c1)N1CCC(Oc2cccnc2)CC1. The van der Waals surface area contributed by atoms with E-state index in [2.05, 4.69) is 25.9 Å². The monoisotopic (exact) mass is 361 g/mol. The standard InChI is InChI=1S/C16H16BrN3O2/c17-13-8-12(9-19-10-13)16(21)20-6-3-14(4-7-20)22-15-2-1-5-18-11-15/h1-2,5,8-11,14H,3-4,6-7H2. The van der Waals surface area contributed by atoms with Crippen LogP contribution in [0.4, 0.5) is 0 Å². The first-order valence-electron chi connectivity index (χ1n) is 7.19. The van der Waals surface area contributed by atoms with Crippen molar-refractivity contribution in [3.63, 3.8) is 0 Å². The lowest BCUT2D eigenvalue weighted by molar-refractivity contribution is 0.0594. The zero-order valence-electron chi connectivity index (χ0n) is 12.0. The maximum atomic E-state index is 12.4. The van der Waals surface area contributed by atoms with E-state index >= 15 is 0 Å². The Kier molecular flexibility index (Phi) is 4.68. The highest BCUT2D eigenvalue weighted by Gasteiger charge is 2.25. The molecule has 6 heteroatoms. The van der Waals surface area contributed by atoms with Gasteiger partial charge in [-0.05, 0) is 34.1 Å². The molecule has 1 aliphatic heterocycles. The van der Waals surface area contributed by atoms with Crippen molar-refractivity contribution in [1.82, 2.24) is 14.9 Å². The Morgan fingerprint density at radius 1 is 1.23 bits per heavy atom. The summed E-state index contributed by atoms with van der Waals surface area (Å²) in [6.45, 7) is 1.38. The van der Waals surface area contributed by atoms with Crippen LogP contribution in [0, 0.1) is 0 Å². The second-order valence-electron chi connectivity index (χ2n) is 5.19. The number of aromatic nitrogens is 2. The van der Waals surface area contributed by atoms with Crippen LogP contribution in [0.15, 0.2) is 47.5 Å². The number of ether oxygens (including phenoxy) is 1. The molecule has 0 N–H and O–H groups in total. The third-order valence-electron chi connectivity index (χ3n) is 3.62. The highest BCUT2D eigenvalue weighted by molar-refractivity contribution is 9.10. The van der Waals surface area contributed by atoms with E-state index in [1.54, 1.807) is 30.9 Å². The summed E-state index contributed by atoms with van der Waals surface area (Å²) >= 11 is 3.34. The molecule has 1 amide bonds. The average molecular weight is 362 g/mol. The van der Waals surface area contributed by atoms with Crippen molar-refractivity contribution in [3.05, 3.63) is 53.0 Å². The summed E-state index contributed by atoms with van der Waals surface area (Å²) in [5.41, 5.74) is 0.612. The first-order valence-corrected chi connectivity index (χ1v) is 7.98. The van der Waals surface area contributed by atoms with Crippen molar-refractivity contribution in [2.75, 3.05) is 13.1 Å². The number of hydrogen-bond acceptors (Lipinski definition) is 4. The van der Waals surface area contributed by atoms with Crippen LogP contribution in [-0.4, -0.2) is 40.0 Å². The van der Waals surface area contributed by atoms with Gasteiger partial charge in [0.1, 0.15) is 11.9 Å². The van der Waals surface area contributed by atoms with E-state index in [1.165, 1.54) is 0 Å². The summed E-state index contributed by atoms with van der Waals surface area (Å²) in [7, 11) is 0. The Morgan fingerprint density at radius 3 is 2.73 bits per heavy atom. The fourth-order valence-electron chi connectivity index (χ4n) is 2.50. The van der Waals surface area contributed by atoms with Crippen molar-refractivity contribution in [1.29, 1.82) is 0 Å². The van der Waals surface area contributed by atoms with E-state index in [0.717, 1.165) is 23.1 Å². The molecule has 0 bridgehead atoms. The van der Waals surface area contributed by atoms with Crippen molar-refractivity contribution >= 4 is 21.8 Å². The molecule has 0 aromatic carbocycles. The molecule has 5 nitrogen and oxygen atoms in total. The van der Waals surface area contributed by atoms with Gasteiger partial charge in [-0.2, -0.15) is 0 Å². The summed E-state index contributed by atoms with van der Waals surface area (Å²) in [4.78, 5) is 22.4. The van der Waals surface area contributed by atoms with Gasteiger partial charge in [0.05, 0.1) is 11.8 Å². The molecule has 2 aromatic heterocycles. The molecule has 0 radical (unpaired) electrons. The Bertz CT molecular complexity index is 643. The van der Waals surface area contributed by atoms with Crippen molar-refractivity contribution < 1.29 is 9.53 Å². The lowest BCUT2D eigenvalue weighted by atomic mass is 10.1. The van der Waals surface area contributed by atoms with Gasteiger partial charge in [-0.15, -0.1) is 0 Å². The zero-order chi connectivity index (χ0) is 15.4. The number of rotatable bonds is 3. The largest absolute Gasteiger partial charge is 0.489 e. The predicted octanol–water partition coefficient (Wildman–Crippen LogP) is 2.92. The molecule has 0 atom stereocenters. The lowest BCUT2D eigenvalue weighted by Crippen LogP contribution is -2.41. The number of amides is 1. The maximum absolute atomic E-state index is 12.4. The fourth-order valence-corrected chi connectivity index (χ4v) is 2.86. The molecule has 1 aliphatic rings. The topological polar surface area (TPSA) is 55.3 Å². The van der Waals surface area contributed by atoms with Crippen molar-refractivity contribution in [3.8, 4) is 5.75 Å². The Hall–Kier alpha value is -1.95. The molecule has 2 aromatic rings. The number of piperidine rings is 1. The van der Waals surface area contributed by atoms with Crippen LogP contribution in [-0.2, 0) is 0 Å². The fraction of sp³-hybridized carbons (Fsp3) is 0.312. The Labute approximate surface area is 137 Å². The number of carbonyl (C=O) groups is 1. The molecule has 22 heavy (non-hydrogen) atoms. The molecule has 0 spiro atoms. The first-order chi connectivity index (χ1) is 10.7. The molecule has 3 heterocycles. The number of pyridine rings is 2. The van der Waals surface area contributed by atoms with Crippen LogP contribution >= 0.6 is 15.9 Å². The molecule has 114 valence electrons. The average Bonchev–Trinajstić information content (AvgIpc) is 2.56. The van der Waals surface area contributed by atoms with Crippen LogP contribution in [0.3, 0.4) is 0 Å². The van der Waals surface area contributed by atoms with Crippen LogP contribution in [0.5, 0.6) is 5.75 Å². The third kappa shape index (κ3) is 3.62. The summed E-state index contributed by atoms with van der Waals surface area (Å²) < 4.78 is 6.70. The van der Waals surface area contributed by atoms with Crippen LogP contribution in [0.25, 0.3) is 0 Å². The van der Waals surface area contributed by atoms with E-state index in [0.29, 0.717) is 18.7 Å². The molecule has 1 saturated heterocycles. The van der Waals surface area contributed by atoms with Gasteiger partial charge >= 0.3 is 0 Å². The van der Waals surface area contributed by atoms with E-state index in [4.69, 9.17) is 4.74 Å². The van der Waals surface area contributed by atoms with E-state index in [9.17, 15) is 4.79 Å². The van der Waals surface area contributed by atoms with E-state index in [1.807, 2.05) is 17.0 Å². The second kappa shape index (κ2) is 6.87. The van der Waals surface area contributed by atoms with Gasteiger partial charge in [0.15, 0.2) is 0 Å². The van der Waals surface area contributed by atoms with Gasteiger partial charge in [-0.25, -0.2) is 0 Å². The summed E-state index contributed by atoms with van der Waals surface area (Å²) in [5, 5.41) is 0. The number of likely N-dealkylation sites (tertiary alicyclic amines) is 1. The molecular formula is C16H16BrN3O2. The van der Waals surface area contributed by atoms with Gasteiger partial charge in [0.25, 0.3) is 5.91 Å². The molecule has 0 saturated carbocycles. The van der Waals surface area contributed by atoms with Crippen LogP contribution in [0.2, 0.25) is 0 Å². The number of hydrogen-bond donors (Lipinski definition) is 0. The highest BCUT2D eigenvalue weighted by Crippen LogP contribution is 2.20. The van der Waals surface area contributed by atoms with Gasteiger partial charge in [-0.3, -0.25) is 14.8 Å². The van der Waals surface area contributed by atoms with Gasteiger partial charge in [0.2, 0.25) is 0 Å². The molecule has 3 rings (SSSR count).